The maximum Gasteiger partial charge on any atom is 0.338 e. The second kappa shape index (κ2) is 22.2. The topological polar surface area (TPSA) is 138 Å². The summed E-state index contributed by atoms with van der Waals surface area (Å²) >= 11 is 12.0. The van der Waals surface area contributed by atoms with E-state index in [0.717, 1.165) is 66.7 Å². The molecule has 0 atom stereocenters. The van der Waals surface area contributed by atoms with E-state index < -0.39 is 11.9 Å². The van der Waals surface area contributed by atoms with E-state index in [9.17, 15) is 19.5 Å². The van der Waals surface area contributed by atoms with E-state index in [1.807, 2.05) is 66.9 Å². The van der Waals surface area contributed by atoms with E-state index in [1.54, 1.807) is 24.3 Å². The average molecular weight is 928 g/mol. The predicted octanol–water partition coefficient (Wildman–Crippen LogP) is 10.7. The van der Waals surface area contributed by atoms with Crippen LogP contribution in [0.2, 0.25) is 10.0 Å². The monoisotopic (exact) mass is 926 g/mol. The largest absolute Gasteiger partial charge is 0.491 e. The van der Waals surface area contributed by atoms with Gasteiger partial charge in [0, 0.05) is 53.5 Å². The molecule has 8 aromatic rings. The standard InChI is InChI=1S/C28H26ClNO5.C25H22ClNO4/c1-19(31)34-12-13-35-25-5-3-4-21(16-25)18-30-11-10-23-15-20(6-9-27(23)30)14-22-7-8-24(29)17-26(22)28(32)33-2;26-21-6-5-19(23(15-21)25(29)30)12-17-4-7-24-20(13-17)8-9-27(24)16-18-2-1-3-22(14-18)31-11-10-28/h3-11,15-17H,12-14,18H2,1-2H3;1-9,13-15,28H,10-12,16H2,(H,29,30). The van der Waals surface area contributed by atoms with Crippen LogP contribution >= 0.6 is 23.2 Å². The number of benzene rings is 6. The van der Waals surface area contributed by atoms with Crippen molar-refractivity contribution in [3.05, 3.63) is 200 Å². The number of carboxylic acid groups (broad SMARTS) is 1. The number of ether oxygens (including phenoxy) is 4. The van der Waals surface area contributed by atoms with Gasteiger partial charge >= 0.3 is 17.9 Å². The first-order valence-electron chi connectivity index (χ1n) is 21.2. The molecule has 0 aliphatic carbocycles. The van der Waals surface area contributed by atoms with Gasteiger partial charge in [0.15, 0.2) is 0 Å². The van der Waals surface area contributed by atoms with Crippen molar-refractivity contribution in [3.63, 3.8) is 0 Å². The van der Waals surface area contributed by atoms with Crippen molar-refractivity contribution in [1.29, 1.82) is 0 Å². The van der Waals surface area contributed by atoms with Crippen LogP contribution < -0.4 is 9.47 Å². The molecule has 0 radical (unpaired) electrons. The molecule has 0 aliphatic rings. The molecule has 0 spiro atoms. The van der Waals surface area contributed by atoms with E-state index in [1.165, 1.54) is 20.1 Å². The van der Waals surface area contributed by atoms with Gasteiger partial charge in [-0.15, -0.1) is 0 Å². The summed E-state index contributed by atoms with van der Waals surface area (Å²) in [6.07, 6.45) is 5.21. The minimum absolute atomic E-state index is 0.0151. The number of carboxylic acids is 1. The number of hydrogen-bond donors (Lipinski definition) is 2. The summed E-state index contributed by atoms with van der Waals surface area (Å²) < 4.78 is 25.4. The van der Waals surface area contributed by atoms with Crippen LogP contribution in [0.1, 0.15) is 61.0 Å². The number of carbonyl (C=O) groups excluding carboxylic acids is 2. The smallest absolute Gasteiger partial charge is 0.338 e. The summed E-state index contributed by atoms with van der Waals surface area (Å²) in [5.41, 5.74) is 8.84. The fraction of sp³-hybridized carbons (Fsp3) is 0.189. The number of aromatic nitrogens is 2. The summed E-state index contributed by atoms with van der Waals surface area (Å²) in [4.78, 5) is 34.6. The Balaban J connectivity index is 0.000000198. The molecular formula is C53H48Cl2N2O9. The van der Waals surface area contributed by atoms with E-state index in [2.05, 4.69) is 57.8 Å². The van der Waals surface area contributed by atoms with Gasteiger partial charge in [0.25, 0.3) is 0 Å². The minimum Gasteiger partial charge on any atom is -0.491 e. The number of rotatable bonds is 17. The molecule has 0 amide bonds. The highest BCUT2D eigenvalue weighted by Crippen LogP contribution is 2.27. The molecule has 2 heterocycles. The third-order valence-electron chi connectivity index (χ3n) is 10.8. The molecule has 66 heavy (non-hydrogen) atoms. The van der Waals surface area contributed by atoms with Gasteiger partial charge in [-0.3, -0.25) is 4.79 Å². The number of methoxy groups -OCH3 is 1. The van der Waals surface area contributed by atoms with Crippen molar-refractivity contribution in [2.75, 3.05) is 33.5 Å². The van der Waals surface area contributed by atoms with Gasteiger partial charge in [-0.1, -0.05) is 71.7 Å². The summed E-state index contributed by atoms with van der Waals surface area (Å²) in [6, 6.07) is 42.6. The number of aliphatic hydroxyl groups excluding tert-OH is 1. The molecule has 0 unspecified atom stereocenters. The Bertz CT molecular complexity index is 2990. The Morgan fingerprint density at radius 3 is 1.59 bits per heavy atom. The van der Waals surface area contributed by atoms with Crippen LogP contribution in [0.5, 0.6) is 11.5 Å². The lowest BCUT2D eigenvalue weighted by Gasteiger charge is -2.11. The second-order valence-electron chi connectivity index (χ2n) is 15.5. The van der Waals surface area contributed by atoms with Gasteiger partial charge in [0.05, 0.1) is 24.8 Å². The SMILES string of the molecule is COC(=O)c1cc(Cl)ccc1Cc1ccc2c(ccn2Cc2cccc(OCCOC(C)=O)c2)c1.O=C(O)c1cc(Cl)ccc1Cc1ccc2c(ccn2Cc2cccc(OCCO)c2)c1. The van der Waals surface area contributed by atoms with Gasteiger partial charge < -0.3 is 38.3 Å². The number of esters is 2. The zero-order valence-corrected chi connectivity index (χ0v) is 37.9. The van der Waals surface area contributed by atoms with Crippen LogP contribution in [-0.2, 0) is 40.2 Å². The number of nitrogens with zero attached hydrogens (tertiary/aromatic N) is 2. The lowest BCUT2D eigenvalue weighted by atomic mass is 9.99. The minimum atomic E-state index is -0.977. The molecule has 0 saturated carbocycles. The fourth-order valence-corrected chi connectivity index (χ4v) is 8.05. The molecule has 0 saturated heterocycles. The summed E-state index contributed by atoms with van der Waals surface area (Å²) in [5, 5.41) is 21.5. The Hall–Kier alpha value is -7.05. The first-order chi connectivity index (χ1) is 32.0. The maximum absolute atomic E-state index is 12.2. The van der Waals surface area contributed by atoms with Crippen LogP contribution in [0.25, 0.3) is 21.8 Å². The molecule has 11 nitrogen and oxygen atoms in total. The van der Waals surface area contributed by atoms with Crippen molar-refractivity contribution in [2.24, 2.45) is 0 Å². The van der Waals surface area contributed by atoms with Crippen LogP contribution in [0.4, 0.5) is 0 Å². The summed E-state index contributed by atoms with van der Waals surface area (Å²) in [5.74, 6) is -0.218. The number of fused-ring (bicyclic) bond motifs is 2. The van der Waals surface area contributed by atoms with Gasteiger partial charge in [-0.25, -0.2) is 9.59 Å². The van der Waals surface area contributed by atoms with E-state index in [0.29, 0.717) is 48.1 Å². The van der Waals surface area contributed by atoms with E-state index >= 15 is 0 Å². The number of hydrogen-bond acceptors (Lipinski definition) is 8. The van der Waals surface area contributed by atoms with Gasteiger partial charge in [0.1, 0.15) is 31.3 Å². The van der Waals surface area contributed by atoms with Crippen molar-refractivity contribution >= 4 is 62.9 Å². The molecule has 338 valence electrons. The Morgan fingerprint density at radius 2 is 1.09 bits per heavy atom. The van der Waals surface area contributed by atoms with E-state index in [-0.39, 0.29) is 31.4 Å². The van der Waals surface area contributed by atoms with Gasteiger partial charge in [0.2, 0.25) is 0 Å². The summed E-state index contributed by atoms with van der Waals surface area (Å²) in [6.45, 7) is 3.55. The third-order valence-corrected chi connectivity index (χ3v) is 11.2. The van der Waals surface area contributed by atoms with Crippen molar-refractivity contribution in [1.82, 2.24) is 9.13 Å². The second-order valence-corrected chi connectivity index (χ2v) is 16.4. The Morgan fingerprint density at radius 1 is 0.576 bits per heavy atom. The molecule has 2 aromatic heterocycles. The third kappa shape index (κ3) is 12.4. The van der Waals surface area contributed by atoms with Crippen molar-refractivity contribution < 1.29 is 43.5 Å². The lowest BCUT2D eigenvalue weighted by molar-refractivity contribution is -0.141. The van der Waals surface area contributed by atoms with Crippen LogP contribution in [-0.4, -0.2) is 70.8 Å². The molecule has 8 rings (SSSR count). The highest BCUT2D eigenvalue weighted by molar-refractivity contribution is 6.31. The molecule has 13 heteroatoms. The molecular weight excluding hydrogens is 879 g/mol. The number of halogens is 2. The molecule has 0 fully saturated rings. The molecule has 2 N–H and O–H groups in total. The van der Waals surface area contributed by atoms with Gasteiger partial charge in [-0.2, -0.15) is 0 Å². The lowest BCUT2D eigenvalue weighted by Crippen LogP contribution is -2.09. The first-order valence-corrected chi connectivity index (χ1v) is 21.9. The van der Waals surface area contributed by atoms with E-state index in [4.69, 9.17) is 47.3 Å². The zero-order valence-electron chi connectivity index (χ0n) is 36.4. The molecule has 6 aromatic carbocycles. The number of aromatic carboxylic acids is 1. The van der Waals surface area contributed by atoms with Gasteiger partial charge in [-0.05, 0) is 142 Å². The van der Waals surface area contributed by atoms with Crippen LogP contribution in [0.15, 0.2) is 146 Å². The molecule has 0 bridgehead atoms. The maximum atomic E-state index is 12.2. The number of aliphatic hydroxyl groups is 1. The average Bonchev–Trinajstić information content (AvgIpc) is 3.90. The summed E-state index contributed by atoms with van der Waals surface area (Å²) in [7, 11) is 1.37. The quantitative estimate of drug-likeness (QED) is 0.0675. The molecule has 0 aliphatic heterocycles. The van der Waals surface area contributed by atoms with Crippen LogP contribution in [0, 0.1) is 0 Å². The Kier molecular flexibility index (Phi) is 15.8. The highest BCUT2D eigenvalue weighted by atomic mass is 35.5. The van der Waals surface area contributed by atoms with Crippen molar-refractivity contribution in [3.8, 4) is 11.5 Å². The predicted molar refractivity (Wildman–Crippen MR) is 256 cm³/mol. The first kappa shape index (κ1) is 46.9. The Labute approximate surface area is 392 Å². The van der Waals surface area contributed by atoms with Crippen LogP contribution in [0.3, 0.4) is 0 Å². The fourth-order valence-electron chi connectivity index (χ4n) is 7.71. The van der Waals surface area contributed by atoms with Crippen molar-refractivity contribution in [2.45, 2.75) is 32.9 Å². The normalized spacial score (nSPS) is 10.9. The zero-order chi connectivity index (χ0) is 46.6. The number of carbonyl (C=O) groups is 3. The highest BCUT2D eigenvalue weighted by Gasteiger charge is 2.15.